The van der Waals surface area contributed by atoms with Crippen LogP contribution in [0.15, 0.2) is 0 Å². The van der Waals surface area contributed by atoms with Crippen LogP contribution < -0.4 is 5.73 Å². The molecule has 0 spiro atoms. The smallest absolute Gasteiger partial charge is 0.373 e. The van der Waals surface area contributed by atoms with Crippen molar-refractivity contribution in [3.05, 3.63) is 0 Å². The molecular formula is C13H29NO9P2. The summed E-state index contributed by atoms with van der Waals surface area (Å²) in [7, 11) is -8.40. The van der Waals surface area contributed by atoms with Crippen LogP contribution in [0.4, 0.5) is 0 Å². The fraction of sp³-hybridized carbons (Fsp3) is 1.00. The van der Waals surface area contributed by atoms with Gasteiger partial charge in [-0.05, 0) is 26.3 Å². The van der Waals surface area contributed by atoms with Crippen molar-refractivity contribution in [2.75, 3.05) is 33.0 Å². The first-order valence-electron chi connectivity index (χ1n) is 8.39. The fourth-order valence-corrected chi connectivity index (χ4v) is 3.99. The van der Waals surface area contributed by atoms with E-state index in [2.05, 4.69) is 4.52 Å². The standard InChI is InChI=1S/C13H29NO9P2/c1-2-20-24(15,16)22-11-13-12(7-10-19-13)23-25(17,18)21-9-6-4-3-5-8-14/h12-13H,2-11,14H2,1H3,(H,15,16)(H,17,18)/t12-,13-/m1/s1. The molecule has 1 fully saturated rings. The van der Waals surface area contributed by atoms with Gasteiger partial charge in [0.25, 0.3) is 0 Å². The van der Waals surface area contributed by atoms with Gasteiger partial charge in [0.1, 0.15) is 12.2 Å². The second-order valence-electron chi connectivity index (χ2n) is 5.53. The lowest BCUT2D eigenvalue weighted by atomic mass is 10.2. The molecule has 1 rings (SSSR count). The van der Waals surface area contributed by atoms with Crippen molar-refractivity contribution in [3.8, 4) is 0 Å². The Hall–Kier alpha value is 0.140. The molecule has 4 N–H and O–H groups in total. The van der Waals surface area contributed by atoms with Crippen LogP contribution in [0.25, 0.3) is 0 Å². The van der Waals surface area contributed by atoms with E-state index >= 15 is 0 Å². The normalized spacial score (nSPS) is 25.6. The zero-order chi connectivity index (χ0) is 18.8. The summed E-state index contributed by atoms with van der Waals surface area (Å²) in [6.45, 7) is 2.28. The quantitative estimate of drug-likeness (QED) is 0.289. The maximum Gasteiger partial charge on any atom is 0.472 e. The van der Waals surface area contributed by atoms with Crippen molar-refractivity contribution in [2.45, 2.75) is 51.2 Å². The first-order valence-corrected chi connectivity index (χ1v) is 11.4. The summed E-state index contributed by atoms with van der Waals surface area (Å²) in [4.78, 5) is 19.2. The third kappa shape index (κ3) is 10.2. The third-order valence-corrected chi connectivity index (χ3v) is 5.57. The molecular weight excluding hydrogens is 376 g/mol. The van der Waals surface area contributed by atoms with Crippen molar-refractivity contribution in [1.82, 2.24) is 0 Å². The van der Waals surface area contributed by atoms with Gasteiger partial charge in [0.2, 0.25) is 0 Å². The summed E-state index contributed by atoms with van der Waals surface area (Å²) >= 11 is 0. The van der Waals surface area contributed by atoms with Crippen LogP contribution in [0.3, 0.4) is 0 Å². The molecule has 1 saturated heterocycles. The molecule has 0 amide bonds. The molecule has 1 aliphatic rings. The molecule has 0 bridgehead atoms. The molecule has 1 aliphatic heterocycles. The molecule has 2 unspecified atom stereocenters. The Bertz CT molecular complexity index is 465. The molecule has 0 aromatic rings. The van der Waals surface area contributed by atoms with E-state index in [4.69, 9.17) is 24.0 Å². The number of phosphoric acid groups is 2. The summed E-state index contributed by atoms with van der Waals surface area (Å²) in [6.07, 6.45) is 2.15. The minimum absolute atomic E-state index is 0.0180. The second kappa shape index (κ2) is 11.8. The Morgan fingerprint density at radius 3 is 2.48 bits per heavy atom. The number of rotatable bonds is 14. The molecule has 0 aliphatic carbocycles. The molecule has 1 heterocycles. The van der Waals surface area contributed by atoms with E-state index in [1.807, 2.05) is 0 Å². The summed E-state index contributed by atoms with van der Waals surface area (Å²) in [6, 6.07) is 0. The first kappa shape index (κ1) is 23.2. The van der Waals surface area contributed by atoms with Crippen LogP contribution >= 0.6 is 15.6 Å². The molecule has 25 heavy (non-hydrogen) atoms. The predicted molar refractivity (Wildman–Crippen MR) is 89.9 cm³/mol. The van der Waals surface area contributed by atoms with E-state index in [1.54, 1.807) is 6.92 Å². The minimum atomic E-state index is -4.23. The van der Waals surface area contributed by atoms with E-state index in [0.717, 1.165) is 19.3 Å². The van der Waals surface area contributed by atoms with Crippen LogP contribution in [-0.4, -0.2) is 55.0 Å². The fourth-order valence-electron chi connectivity index (χ4n) is 2.25. The van der Waals surface area contributed by atoms with E-state index in [1.165, 1.54) is 0 Å². The molecule has 12 heteroatoms. The Morgan fingerprint density at radius 2 is 1.80 bits per heavy atom. The maximum atomic E-state index is 12.0. The van der Waals surface area contributed by atoms with E-state index in [-0.39, 0.29) is 26.4 Å². The Morgan fingerprint density at radius 1 is 1.08 bits per heavy atom. The summed E-state index contributed by atoms with van der Waals surface area (Å²) in [5, 5.41) is 0. The highest BCUT2D eigenvalue weighted by atomic mass is 31.2. The van der Waals surface area contributed by atoms with Crippen LogP contribution in [-0.2, 0) is 32.0 Å². The second-order valence-corrected chi connectivity index (χ2v) is 8.39. The highest BCUT2D eigenvalue weighted by Crippen LogP contribution is 2.48. The molecule has 0 saturated carbocycles. The molecule has 0 radical (unpaired) electrons. The lowest BCUT2D eigenvalue weighted by molar-refractivity contribution is -0.00300. The SMILES string of the molecule is CCOP(=O)(O)OC[C@H]1OCC[C@H]1OP(=O)(O)OCCCCCCN. The number of nitrogens with two attached hydrogens (primary N) is 1. The molecule has 150 valence electrons. The van der Waals surface area contributed by atoms with Gasteiger partial charge in [0.05, 0.1) is 19.8 Å². The number of ether oxygens (including phenoxy) is 1. The lowest BCUT2D eigenvalue weighted by Gasteiger charge is -2.22. The monoisotopic (exact) mass is 405 g/mol. The lowest BCUT2D eigenvalue weighted by Crippen LogP contribution is -2.28. The largest absolute Gasteiger partial charge is 0.472 e. The van der Waals surface area contributed by atoms with Crippen molar-refractivity contribution < 1.29 is 41.7 Å². The number of phosphoric ester groups is 2. The van der Waals surface area contributed by atoms with E-state index in [9.17, 15) is 18.9 Å². The Kier molecular flexibility index (Phi) is 10.9. The molecule has 0 aromatic carbocycles. The average molecular weight is 405 g/mol. The van der Waals surface area contributed by atoms with Gasteiger partial charge < -0.3 is 20.3 Å². The molecule has 4 atom stereocenters. The zero-order valence-electron chi connectivity index (χ0n) is 14.4. The van der Waals surface area contributed by atoms with E-state index in [0.29, 0.717) is 19.4 Å². The van der Waals surface area contributed by atoms with Crippen LogP contribution in [0, 0.1) is 0 Å². The van der Waals surface area contributed by atoms with Gasteiger partial charge in [0, 0.05) is 13.0 Å². The highest BCUT2D eigenvalue weighted by molar-refractivity contribution is 7.47. The number of unbranched alkanes of at least 4 members (excludes halogenated alkanes) is 3. The molecule has 10 nitrogen and oxygen atoms in total. The van der Waals surface area contributed by atoms with E-state index < -0.39 is 27.9 Å². The minimum Gasteiger partial charge on any atom is -0.373 e. The van der Waals surface area contributed by atoms with Gasteiger partial charge in [-0.2, -0.15) is 0 Å². The van der Waals surface area contributed by atoms with Gasteiger partial charge in [-0.1, -0.05) is 12.8 Å². The summed E-state index contributed by atoms with van der Waals surface area (Å²) < 4.78 is 48.2. The van der Waals surface area contributed by atoms with Crippen molar-refractivity contribution in [3.63, 3.8) is 0 Å². The Balaban J connectivity index is 2.34. The number of hydrogen-bond donors (Lipinski definition) is 3. The van der Waals surface area contributed by atoms with Crippen molar-refractivity contribution in [2.24, 2.45) is 5.73 Å². The van der Waals surface area contributed by atoms with Crippen molar-refractivity contribution >= 4 is 15.6 Å². The predicted octanol–water partition coefficient (Wildman–Crippen LogP) is 1.95. The Labute approximate surface area is 148 Å². The van der Waals surface area contributed by atoms with Gasteiger partial charge in [-0.3, -0.25) is 18.1 Å². The molecule has 0 aromatic heterocycles. The van der Waals surface area contributed by atoms with Gasteiger partial charge in [-0.25, -0.2) is 9.13 Å². The van der Waals surface area contributed by atoms with Crippen LogP contribution in [0.5, 0.6) is 0 Å². The highest BCUT2D eigenvalue weighted by Gasteiger charge is 2.37. The topological polar surface area (TPSA) is 147 Å². The zero-order valence-corrected chi connectivity index (χ0v) is 16.2. The van der Waals surface area contributed by atoms with Crippen molar-refractivity contribution in [1.29, 1.82) is 0 Å². The van der Waals surface area contributed by atoms with Gasteiger partial charge >= 0.3 is 15.6 Å². The first-order chi connectivity index (χ1) is 11.8. The third-order valence-electron chi connectivity index (χ3n) is 3.46. The van der Waals surface area contributed by atoms with Crippen LogP contribution in [0.2, 0.25) is 0 Å². The maximum absolute atomic E-state index is 12.0. The summed E-state index contributed by atoms with van der Waals surface area (Å²) in [5.74, 6) is 0. The number of hydrogen-bond acceptors (Lipinski definition) is 8. The van der Waals surface area contributed by atoms with Gasteiger partial charge in [-0.15, -0.1) is 0 Å². The van der Waals surface area contributed by atoms with Crippen LogP contribution in [0.1, 0.15) is 39.0 Å². The average Bonchev–Trinajstić information content (AvgIpc) is 2.95. The summed E-state index contributed by atoms with van der Waals surface area (Å²) in [5.41, 5.74) is 5.39. The van der Waals surface area contributed by atoms with Gasteiger partial charge in [0.15, 0.2) is 0 Å².